The molecule has 1 N–H and O–H groups in total. The van der Waals surface area contributed by atoms with E-state index in [4.69, 9.17) is 0 Å². The van der Waals surface area contributed by atoms with Gasteiger partial charge in [-0.05, 0) is 18.4 Å². The third-order valence-corrected chi connectivity index (χ3v) is 5.59. The van der Waals surface area contributed by atoms with Gasteiger partial charge in [0.1, 0.15) is 5.54 Å². The van der Waals surface area contributed by atoms with Gasteiger partial charge in [-0.3, -0.25) is 4.79 Å². The largest absolute Gasteiger partial charge is 0.388 e. The van der Waals surface area contributed by atoms with Crippen LogP contribution in [0.15, 0.2) is 30.3 Å². The van der Waals surface area contributed by atoms with Gasteiger partial charge in [0, 0.05) is 12.8 Å². The van der Waals surface area contributed by atoms with Crippen LogP contribution in [0.25, 0.3) is 0 Å². The van der Waals surface area contributed by atoms with Gasteiger partial charge in [-0.2, -0.15) is 5.26 Å². The molecule has 0 radical (unpaired) electrons. The first-order chi connectivity index (χ1) is 11.1. The number of aliphatic hydroxyl groups is 1. The molecule has 1 aromatic carbocycles. The molecule has 1 fully saturated rings. The number of thioether (sulfide) groups is 1. The van der Waals surface area contributed by atoms with Crippen LogP contribution < -0.4 is 0 Å². The first-order valence-electron chi connectivity index (χ1n) is 8.08. The second-order valence-corrected chi connectivity index (χ2v) is 7.13. The summed E-state index contributed by atoms with van der Waals surface area (Å²) in [6.45, 7) is 0. The quantitative estimate of drug-likeness (QED) is 0.869. The highest BCUT2D eigenvalue weighted by Crippen LogP contribution is 2.32. The molecule has 1 saturated carbocycles. The molecule has 0 aliphatic heterocycles. The number of hydrogen-bond donors (Lipinski definition) is 1. The first-order valence-corrected chi connectivity index (χ1v) is 9.23. The number of carbonyl (C=O) groups excluding carboxylic acids is 1. The van der Waals surface area contributed by atoms with Crippen LogP contribution in [-0.2, 0) is 4.79 Å². The molecule has 1 aliphatic carbocycles. The molecular weight excluding hydrogens is 308 g/mol. The SMILES string of the molecule is CN(C(=O)CSC[C@@H](O)c1ccccc1)C1(C#N)CCCCC1. The van der Waals surface area contributed by atoms with E-state index < -0.39 is 11.6 Å². The van der Waals surface area contributed by atoms with Gasteiger partial charge in [-0.25, -0.2) is 0 Å². The molecule has 124 valence electrons. The topological polar surface area (TPSA) is 64.3 Å². The average Bonchev–Trinajstić information content (AvgIpc) is 2.62. The Morgan fingerprint density at radius 1 is 1.35 bits per heavy atom. The van der Waals surface area contributed by atoms with Crippen LogP contribution in [0.2, 0.25) is 0 Å². The Morgan fingerprint density at radius 2 is 2.00 bits per heavy atom. The third-order valence-electron chi connectivity index (χ3n) is 4.59. The highest BCUT2D eigenvalue weighted by Gasteiger charge is 2.38. The van der Waals surface area contributed by atoms with E-state index in [0.29, 0.717) is 11.5 Å². The molecule has 0 spiro atoms. The van der Waals surface area contributed by atoms with Crippen LogP contribution in [0.5, 0.6) is 0 Å². The van der Waals surface area contributed by atoms with Crippen molar-refractivity contribution in [2.45, 2.75) is 43.7 Å². The maximum atomic E-state index is 12.4. The predicted molar refractivity (Wildman–Crippen MR) is 92.9 cm³/mol. The summed E-state index contributed by atoms with van der Waals surface area (Å²) in [5.41, 5.74) is 0.232. The van der Waals surface area contributed by atoms with Crippen molar-refractivity contribution in [1.82, 2.24) is 4.90 Å². The molecule has 1 aliphatic rings. The van der Waals surface area contributed by atoms with Crippen molar-refractivity contribution < 1.29 is 9.90 Å². The second-order valence-electron chi connectivity index (χ2n) is 6.10. The molecule has 5 heteroatoms. The molecule has 0 unspecified atom stereocenters. The maximum Gasteiger partial charge on any atom is 0.233 e. The van der Waals surface area contributed by atoms with Crippen LogP contribution in [0.3, 0.4) is 0 Å². The number of hydrogen-bond acceptors (Lipinski definition) is 4. The minimum absolute atomic E-state index is 0.0290. The lowest BCUT2D eigenvalue weighted by Gasteiger charge is -2.39. The molecule has 1 amide bonds. The molecule has 0 aromatic heterocycles. The minimum atomic E-state index is -0.631. The number of carbonyl (C=O) groups is 1. The monoisotopic (exact) mass is 332 g/mol. The number of nitrogens with zero attached hydrogens (tertiary/aromatic N) is 2. The van der Waals surface area contributed by atoms with E-state index in [0.717, 1.165) is 37.7 Å². The van der Waals surface area contributed by atoms with Gasteiger partial charge in [-0.15, -0.1) is 11.8 Å². The number of nitriles is 1. The second kappa shape index (κ2) is 8.37. The first kappa shape index (κ1) is 17.8. The fraction of sp³-hybridized carbons (Fsp3) is 0.556. The predicted octanol–water partition coefficient (Wildman–Crippen LogP) is 3.14. The molecule has 1 atom stereocenters. The van der Waals surface area contributed by atoms with Crippen LogP contribution in [0.1, 0.15) is 43.8 Å². The zero-order chi connectivity index (χ0) is 16.7. The summed E-state index contributed by atoms with van der Waals surface area (Å²) in [7, 11) is 1.74. The number of benzene rings is 1. The van der Waals surface area contributed by atoms with E-state index in [1.807, 2.05) is 30.3 Å². The lowest BCUT2D eigenvalue weighted by Crippen LogP contribution is -2.50. The van der Waals surface area contributed by atoms with Gasteiger partial charge >= 0.3 is 0 Å². The Balaban J connectivity index is 1.83. The van der Waals surface area contributed by atoms with Crippen molar-refractivity contribution in [1.29, 1.82) is 5.26 Å². The van der Waals surface area contributed by atoms with Crippen molar-refractivity contribution in [2.75, 3.05) is 18.6 Å². The van der Waals surface area contributed by atoms with Crippen molar-refractivity contribution in [3.05, 3.63) is 35.9 Å². The summed E-state index contributed by atoms with van der Waals surface area (Å²) in [5.74, 6) is 0.742. The van der Waals surface area contributed by atoms with E-state index in [2.05, 4.69) is 6.07 Å². The van der Waals surface area contributed by atoms with Crippen molar-refractivity contribution >= 4 is 17.7 Å². The number of rotatable bonds is 6. The van der Waals surface area contributed by atoms with Crippen LogP contribution in [-0.4, -0.2) is 40.0 Å². The Bertz CT molecular complexity index is 550. The van der Waals surface area contributed by atoms with Crippen molar-refractivity contribution in [2.24, 2.45) is 0 Å². The van der Waals surface area contributed by atoms with Gasteiger partial charge in [0.2, 0.25) is 5.91 Å². The summed E-state index contributed by atoms with van der Waals surface area (Å²) in [5, 5.41) is 19.7. The number of amides is 1. The summed E-state index contributed by atoms with van der Waals surface area (Å²) < 4.78 is 0. The molecular formula is C18H24N2O2S. The smallest absolute Gasteiger partial charge is 0.233 e. The summed E-state index contributed by atoms with van der Waals surface area (Å²) in [4.78, 5) is 14.0. The fourth-order valence-corrected chi connectivity index (χ4v) is 3.93. The molecule has 0 saturated heterocycles. The van der Waals surface area contributed by atoms with Gasteiger partial charge in [0.15, 0.2) is 0 Å². The van der Waals surface area contributed by atoms with E-state index in [9.17, 15) is 15.2 Å². The lowest BCUT2D eigenvalue weighted by atomic mass is 9.81. The summed E-state index contributed by atoms with van der Waals surface area (Å²) >= 11 is 1.42. The highest BCUT2D eigenvalue weighted by molar-refractivity contribution is 7.99. The maximum absolute atomic E-state index is 12.4. The van der Waals surface area contributed by atoms with E-state index in [1.165, 1.54) is 11.8 Å². The normalized spacial score (nSPS) is 18.0. The van der Waals surface area contributed by atoms with Crippen molar-refractivity contribution in [3.8, 4) is 6.07 Å². The lowest BCUT2D eigenvalue weighted by molar-refractivity contribution is -0.131. The Hall–Kier alpha value is -1.51. The fourth-order valence-electron chi connectivity index (χ4n) is 3.02. The zero-order valence-corrected chi connectivity index (χ0v) is 14.4. The zero-order valence-electron chi connectivity index (χ0n) is 13.6. The van der Waals surface area contributed by atoms with Gasteiger partial charge < -0.3 is 10.0 Å². The molecule has 4 nitrogen and oxygen atoms in total. The molecule has 0 bridgehead atoms. The van der Waals surface area contributed by atoms with Crippen LogP contribution >= 0.6 is 11.8 Å². The molecule has 1 aromatic rings. The van der Waals surface area contributed by atoms with Gasteiger partial charge in [-0.1, -0.05) is 49.6 Å². The molecule has 23 heavy (non-hydrogen) atoms. The molecule has 0 heterocycles. The average molecular weight is 332 g/mol. The third kappa shape index (κ3) is 4.49. The van der Waals surface area contributed by atoms with E-state index in [-0.39, 0.29) is 5.91 Å². The Kier molecular flexibility index (Phi) is 6.49. The summed E-state index contributed by atoms with van der Waals surface area (Å²) in [6.07, 6.45) is 4.12. The Labute approximate surface area is 142 Å². The number of aliphatic hydroxyl groups excluding tert-OH is 1. The minimum Gasteiger partial charge on any atom is -0.388 e. The van der Waals surface area contributed by atoms with Crippen molar-refractivity contribution in [3.63, 3.8) is 0 Å². The van der Waals surface area contributed by atoms with Crippen LogP contribution in [0.4, 0.5) is 0 Å². The van der Waals surface area contributed by atoms with E-state index in [1.54, 1.807) is 11.9 Å². The Morgan fingerprint density at radius 3 is 2.61 bits per heavy atom. The standard InChI is InChI=1S/C18H24N2O2S/c1-20(18(14-19)10-6-3-7-11-18)17(22)13-23-12-16(21)15-8-4-2-5-9-15/h2,4-5,8-9,16,21H,3,6-7,10-13H2,1H3/t16-/m1/s1. The van der Waals surface area contributed by atoms with Crippen LogP contribution in [0, 0.1) is 11.3 Å². The van der Waals surface area contributed by atoms with E-state index >= 15 is 0 Å². The molecule has 2 rings (SSSR count). The summed E-state index contributed by atoms with van der Waals surface area (Å²) in [6, 6.07) is 11.8. The van der Waals surface area contributed by atoms with Gasteiger partial charge in [0.05, 0.1) is 17.9 Å². The van der Waals surface area contributed by atoms with Gasteiger partial charge in [0.25, 0.3) is 0 Å². The highest BCUT2D eigenvalue weighted by atomic mass is 32.2.